The predicted molar refractivity (Wildman–Crippen MR) is 112 cm³/mol. The normalized spacial score (nSPS) is 14.8. The van der Waals surface area contributed by atoms with Crippen LogP contribution in [0, 0.1) is 13.8 Å². The van der Waals surface area contributed by atoms with E-state index >= 15 is 0 Å². The molecule has 0 bridgehead atoms. The lowest BCUT2D eigenvalue weighted by atomic mass is 9.99. The molecule has 3 nitrogen and oxygen atoms in total. The van der Waals surface area contributed by atoms with Crippen molar-refractivity contribution in [1.82, 2.24) is 0 Å². The number of imide groups is 1. The molecule has 0 fully saturated rings. The number of hydrogen-bond donors (Lipinski definition) is 0. The molecule has 0 saturated heterocycles. The summed E-state index contributed by atoms with van der Waals surface area (Å²) in [6, 6.07) is 13.2. The molecule has 1 aliphatic heterocycles. The van der Waals surface area contributed by atoms with Crippen LogP contribution in [0.4, 0.5) is 5.69 Å². The number of rotatable bonds is 4. The summed E-state index contributed by atoms with van der Waals surface area (Å²) in [6.07, 6.45) is 0. The van der Waals surface area contributed by atoms with E-state index in [0.29, 0.717) is 16.2 Å². The summed E-state index contributed by atoms with van der Waals surface area (Å²) < 4.78 is 0.827. The van der Waals surface area contributed by atoms with Crippen LogP contribution in [0.1, 0.15) is 30.5 Å². The zero-order valence-corrected chi connectivity index (χ0v) is 17.6. The van der Waals surface area contributed by atoms with Crippen LogP contribution < -0.4 is 4.90 Å². The Balaban J connectivity index is 2.16. The molecule has 0 unspecified atom stereocenters. The van der Waals surface area contributed by atoms with E-state index in [1.54, 1.807) is 12.1 Å². The summed E-state index contributed by atoms with van der Waals surface area (Å²) >= 11 is 4.86. The Morgan fingerprint density at radius 3 is 2.35 bits per heavy atom. The van der Waals surface area contributed by atoms with Crippen molar-refractivity contribution in [2.45, 2.75) is 32.9 Å². The van der Waals surface area contributed by atoms with Crippen molar-refractivity contribution >= 4 is 50.8 Å². The van der Waals surface area contributed by atoms with E-state index in [1.165, 1.54) is 16.7 Å². The van der Waals surface area contributed by atoms with Crippen LogP contribution in [-0.2, 0) is 9.59 Å². The Kier molecular flexibility index (Phi) is 5.39. The quantitative estimate of drug-likeness (QED) is 0.602. The van der Waals surface area contributed by atoms with Crippen LogP contribution in [0.15, 0.2) is 51.8 Å². The zero-order valence-electron chi connectivity index (χ0n) is 15.2. The van der Waals surface area contributed by atoms with Gasteiger partial charge in [-0.05, 0) is 43.2 Å². The van der Waals surface area contributed by atoms with Gasteiger partial charge >= 0.3 is 0 Å². The first-order valence-corrected chi connectivity index (χ1v) is 10.1. The molecule has 0 aliphatic carbocycles. The van der Waals surface area contributed by atoms with Gasteiger partial charge in [-0.2, -0.15) is 0 Å². The molecular formula is C21H20BrNO2S. The van der Waals surface area contributed by atoms with Gasteiger partial charge in [0.1, 0.15) is 0 Å². The lowest BCUT2D eigenvalue weighted by molar-refractivity contribution is -0.119. The molecule has 2 aromatic rings. The van der Waals surface area contributed by atoms with Crippen molar-refractivity contribution in [3.05, 3.63) is 68.5 Å². The van der Waals surface area contributed by atoms with Crippen LogP contribution in [-0.4, -0.2) is 17.1 Å². The monoisotopic (exact) mass is 429 g/mol. The third-order valence-corrected chi connectivity index (χ3v) is 5.69. The van der Waals surface area contributed by atoms with Gasteiger partial charge in [-0.25, -0.2) is 4.90 Å². The third kappa shape index (κ3) is 3.51. The fourth-order valence-electron chi connectivity index (χ4n) is 3.04. The van der Waals surface area contributed by atoms with Crippen LogP contribution in [0.3, 0.4) is 0 Å². The Morgan fingerprint density at radius 1 is 1.00 bits per heavy atom. The molecule has 0 spiro atoms. The highest BCUT2D eigenvalue weighted by Crippen LogP contribution is 2.41. The van der Waals surface area contributed by atoms with Crippen LogP contribution in [0.5, 0.6) is 0 Å². The van der Waals surface area contributed by atoms with Crippen molar-refractivity contribution in [3.63, 3.8) is 0 Å². The van der Waals surface area contributed by atoms with E-state index in [4.69, 9.17) is 0 Å². The molecule has 2 amide bonds. The minimum Gasteiger partial charge on any atom is -0.268 e. The summed E-state index contributed by atoms with van der Waals surface area (Å²) in [7, 11) is 0. The molecule has 1 aliphatic rings. The van der Waals surface area contributed by atoms with Gasteiger partial charge in [-0.1, -0.05) is 59.6 Å². The molecule has 134 valence electrons. The van der Waals surface area contributed by atoms with E-state index < -0.39 is 0 Å². The number of aryl methyl sites for hydroxylation is 2. The minimum atomic E-state index is -0.261. The van der Waals surface area contributed by atoms with Crippen molar-refractivity contribution in [2.24, 2.45) is 0 Å². The van der Waals surface area contributed by atoms with Gasteiger partial charge in [0.15, 0.2) is 0 Å². The largest absolute Gasteiger partial charge is 0.272 e. The molecular weight excluding hydrogens is 410 g/mol. The molecule has 26 heavy (non-hydrogen) atoms. The van der Waals surface area contributed by atoms with E-state index in [1.807, 2.05) is 58.0 Å². The highest BCUT2D eigenvalue weighted by atomic mass is 79.9. The number of anilines is 1. The van der Waals surface area contributed by atoms with Gasteiger partial charge in [0.25, 0.3) is 11.8 Å². The first kappa shape index (κ1) is 18.9. The third-order valence-electron chi connectivity index (χ3n) is 4.11. The first-order valence-electron chi connectivity index (χ1n) is 8.42. The SMILES string of the molecule is Cc1ccc(C2=C(SC(C)C)C(=O)N(c3cccc(Br)c3)C2=O)c(C)c1. The van der Waals surface area contributed by atoms with E-state index in [9.17, 15) is 9.59 Å². The standard InChI is InChI=1S/C21H20BrNO2S/c1-12(2)26-19-18(17-9-8-13(3)10-14(17)4)20(24)23(21(19)25)16-7-5-6-15(22)11-16/h5-12H,1-4H3. The van der Waals surface area contributed by atoms with E-state index in [-0.39, 0.29) is 17.1 Å². The smallest absolute Gasteiger partial charge is 0.268 e. The van der Waals surface area contributed by atoms with E-state index in [0.717, 1.165) is 21.2 Å². The Morgan fingerprint density at radius 2 is 1.73 bits per heavy atom. The van der Waals surface area contributed by atoms with Crippen molar-refractivity contribution in [2.75, 3.05) is 4.90 Å². The number of benzene rings is 2. The number of carbonyl (C=O) groups is 2. The Labute approximate surface area is 166 Å². The molecule has 0 aromatic heterocycles. The Bertz CT molecular complexity index is 933. The lowest BCUT2D eigenvalue weighted by Gasteiger charge is -2.16. The molecule has 0 N–H and O–H groups in total. The number of thioether (sulfide) groups is 1. The van der Waals surface area contributed by atoms with Gasteiger partial charge in [-0.3, -0.25) is 9.59 Å². The second kappa shape index (κ2) is 7.41. The number of nitrogens with zero attached hydrogens (tertiary/aromatic N) is 1. The average molecular weight is 430 g/mol. The van der Waals surface area contributed by atoms with Crippen molar-refractivity contribution < 1.29 is 9.59 Å². The maximum Gasteiger partial charge on any atom is 0.272 e. The maximum absolute atomic E-state index is 13.3. The fraction of sp³-hybridized carbons (Fsp3) is 0.238. The summed E-state index contributed by atoms with van der Waals surface area (Å²) in [5.41, 5.74) is 4.04. The topological polar surface area (TPSA) is 37.4 Å². The van der Waals surface area contributed by atoms with Crippen molar-refractivity contribution in [3.8, 4) is 0 Å². The minimum absolute atomic E-state index is 0.199. The maximum atomic E-state index is 13.3. The summed E-state index contributed by atoms with van der Waals surface area (Å²) in [4.78, 5) is 28.2. The number of hydrogen-bond acceptors (Lipinski definition) is 3. The highest BCUT2D eigenvalue weighted by Gasteiger charge is 2.41. The fourth-order valence-corrected chi connectivity index (χ4v) is 4.40. The van der Waals surface area contributed by atoms with Gasteiger partial charge in [0.2, 0.25) is 0 Å². The van der Waals surface area contributed by atoms with Crippen LogP contribution in [0.2, 0.25) is 0 Å². The summed E-state index contributed by atoms with van der Waals surface area (Å²) in [6.45, 7) is 8.05. The van der Waals surface area contributed by atoms with E-state index in [2.05, 4.69) is 15.9 Å². The van der Waals surface area contributed by atoms with Gasteiger partial charge < -0.3 is 0 Å². The van der Waals surface area contributed by atoms with Gasteiger partial charge in [0, 0.05) is 9.72 Å². The molecule has 0 saturated carbocycles. The van der Waals surface area contributed by atoms with Gasteiger partial charge in [0.05, 0.1) is 16.2 Å². The van der Waals surface area contributed by atoms with Crippen molar-refractivity contribution in [1.29, 1.82) is 0 Å². The van der Waals surface area contributed by atoms with Crippen LogP contribution in [0.25, 0.3) is 5.57 Å². The second-order valence-electron chi connectivity index (χ2n) is 6.61. The summed E-state index contributed by atoms with van der Waals surface area (Å²) in [5, 5.41) is 0.199. The Hall–Kier alpha value is -1.85. The number of halogens is 1. The molecule has 2 aromatic carbocycles. The number of amides is 2. The van der Waals surface area contributed by atoms with Gasteiger partial charge in [-0.15, -0.1) is 11.8 Å². The van der Waals surface area contributed by atoms with Crippen LogP contribution >= 0.6 is 27.7 Å². The predicted octanol–water partition coefficient (Wildman–Crippen LogP) is 5.49. The lowest BCUT2D eigenvalue weighted by Crippen LogP contribution is -2.31. The zero-order chi connectivity index (χ0) is 19.0. The second-order valence-corrected chi connectivity index (χ2v) is 9.12. The first-order chi connectivity index (χ1) is 12.3. The average Bonchev–Trinajstić information content (AvgIpc) is 2.78. The molecule has 1 heterocycles. The molecule has 5 heteroatoms. The summed E-state index contributed by atoms with van der Waals surface area (Å²) in [5.74, 6) is -0.509. The molecule has 0 atom stereocenters. The number of carbonyl (C=O) groups excluding carboxylic acids is 2. The molecule has 3 rings (SSSR count). The molecule has 0 radical (unpaired) electrons. The highest BCUT2D eigenvalue weighted by molar-refractivity contribution is 9.10.